The standard InChI is InChI=1S/C27H37N3O5/c1-34-19-7-5-17(6-8-19)13-14-28-22-3-2-4-24(22)35-20-9-10-21-18(15-20)16-30(27(21)33)23-11-12-25(31)29-26(23)32/h9-10,15,17,19,22-24,28H,2-8,11-14,16H2,1H3,(H,29,31,32)/t17?,19?,22-,23?,24-/m0/s1. The number of hydrogen-bond acceptors (Lipinski definition) is 6. The zero-order valence-corrected chi connectivity index (χ0v) is 20.6. The van der Waals surface area contributed by atoms with Crippen molar-refractivity contribution in [3.8, 4) is 5.75 Å². The number of benzene rings is 1. The summed E-state index contributed by atoms with van der Waals surface area (Å²) >= 11 is 0. The van der Waals surface area contributed by atoms with E-state index in [2.05, 4.69) is 10.6 Å². The predicted octanol–water partition coefficient (Wildman–Crippen LogP) is 2.93. The van der Waals surface area contributed by atoms with Crippen molar-refractivity contribution >= 4 is 17.7 Å². The van der Waals surface area contributed by atoms with Crippen LogP contribution < -0.4 is 15.4 Å². The third-order valence-corrected chi connectivity index (χ3v) is 8.32. The van der Waals surface area contributed by atoms with Crippen molar-refractivity contribution in [2.24, 2.45) is 5.92 Å². The molecule has 2 aliphatic heterocycles. The highest BCUT2D eigenvalue weighted by Crippen LogP contribution is 2.32. The van der Waals surface area contributed by atoms with Gasteiger partial charge in [0, 0.05) is 31.7 Å². The van der Waals surface area contributed by atoms with Crippen LogP contribution in [0.25, 0.3) is 0 Å². The maximum absolute atomic E-state index is 12.9. The highest BCUT2D eigenvalue weighted by Gasteiger charge is 2.39. The molecule has 3 amide bonds. The molecule has 35 heavy (non-hydrogen) atoms. The Labute approximate surface area is 207 Å². The largest absolute Gasteiger partial charge is 0.489 e. The number of ether oxygens (including phenoxy) is 2. The van der Waals surface area contributed by atoms with E-state index >= 15 is 0 Å². The van der Waals surface area contributed by atoms with Gasteiger partial charge < -0.3 is 19.7 Å². The molecule has 1 unspecified atom stereocenters. The van der Waals surface area contributed by atoms with Gasteiger partial charge in [-0.25, -0.2) is 0 Å². The maximum Gasteiger partial charge on any atom is 0.255 e. The third-order valence-electron chi connectivity index (χ3n) is 8.32. The molecule has 3 atom stereocenters. The molecule has 4 aliphatic rings. The Bertz CT molecular complexity index is 958. The molecule has 0 bridgehead atoms. The number of nitrogens with one attached hydrogen (secondary N) is 2. The minimum absolute atomic E-state index is 0.126. The Morgan fingerprint density at radius 2 is 1.89 bits per heavy atom. The summed E-state index contributed by atoms with van der Waals surface area (Å²) in [6.07, 6.45) is 10.6. The van der Waals surface area contributed by atoms with Crippen LogP contribution in [0.5, 0.6) is 5.75 Å². The summed E-state index contributed by atoms with van der Waals surface area (Å²) in [5.74, 6) is 0.755. The number of nitrogens with zero attached hydrogens (tertiary/aromatic N) is 1. The fourth-order valence-electron chi connectivity index (χ4n) is 6.23. The van der Waals surface area contributed by atoms with Crippen molar-refractivity contribution < 1.29 is 23.9 Å². The van der Waals surface area contributed by atoms with Gasteiger partial charge in [0.05, 0.1) is 6.10 Å². The van der Waals surface area contributed by atoms with Crippen molar-refractivity contribution in [2.75, 3.05) is 13.7 Å². The summed E-state index contributed by atoms with van der Waals surface area (Å²) in [5, 5.41) is 6.10. The van der Waals surface area contributed by atoms with E-state index in [-0.39, 0.29) is 30.2 Å². The first-order valence-electron chi connectivity index (χ1n) is 13.2. The fourth-order valence-corrected chi connectivity index (χ4v) is 6.23. The van der Waals surface area contributed by atoms with Gasteiger partial charge in [0.25, 0.3) is 5.91 Å². The van der Waals surface area contributed by atoms with Crippen LogP contribution in [-0.4, -0.2) is 60.6 Å². The van der Waals surface area contributed by atoms with E-state index in [0.29, 0.717) is 30.7 Å². The first kappa shape index (κ1) is 24.3. The summed E-state index contributed by atoms with van der Waals surface area (Å²) in [4.78, 5) is 38.2. The topological polar surface area (TPSA) is 97.0 Å². The van der Waals surface area contributed by atoms with Gasteiger partial charge in [0.2, 0.25) is 11.8 Å². The lowest BCUT2D eigenvalue weighted by Crippen LogP contribution is -2.52. The summed E-state index contributed by atoms with van der Waals surface area (Å²) in [6, 6.07) is 5.38. The minimum atomic E-state index is -0.593. The molecule has 0 radical (unpaired) electrons. The van der Waals surface area contributed by atoms with Crippen LogP contribution in [0, 0.1) is 5.92 Å². The molecule has 1 aromatic carbocycles. The zero-order chi connectivity index (χ0) is 24.4. The van der Waals surface area contributed by atoms with Gasteiger partial charge in [-0.1, -0.05) is 0 Å². The Morgan fingerprint density at radius 1 is 1.06 bits per heavy atom. The number of amides is 3. The molecule has 8 nitrogen and oxygen atoms in total. The van der Waals surface area contributed by atoms with E-state index in [1.54, 1.807) is 4.90 Å². The molecule has 2 N–H and O–H groups in total. The summed E-state index contributed by atoms with van der Waals surface area (Å²) in [6.45, 7) is 1.39. The van der Waals surface area contributed by atoms with E-state index in [9.17, 15) is 14.4 Å². The fraction of sp³-hybridized carbons (Fsp3) is 0.667. The monoisotopic (exact) mass is 483 g/mol. The smallest absolute Gasteiger partial charge is 0.255 e. The molecule has 1 aromatic rings. The molecule has 5 rings (SSSR count). The normalized spacial score (nSPS) is 30.9. The third kappa shape index (κ3) is 5.38. The SMILES string of the molecule is COC1CCC(CCN[C@H]2CCC[C@@H]2Oc2ccc3c(c2)CN(C2CCC(=O)NC2=O)C3=O)CC1. The lowest BCUT2D eigenvalue weighted by atomic mass is 9.85. The first-order valence-corrected chi connectivity index (χ1v) is 13.2. The number of fused-ring (bicyclic) bond motifs is 1. The van der Waals surface area contributed by atoms with E-state index in [1.165, 1.54) is 32.1 Å². The molecule has 0 aromatic heterocycles. The Kier molecular flexibility index (Phi) is 7.39. The van der Waals surface area contributed by atoms with Crippen LogP contribution >= 0.6 is 0 Å². The van der Waals surface area contributed by atoms with Gasteiger partial charge in [-0.2, -0.15) is 0 Å². The van der Waals surface area contributed by atoms with Gasteiger partial charge >= 0.3 is 0 Å². The number of rotatable bonds is 8. The second-order valence-electron chi connectivity index (χ2n) is 10.5. The average Bonchev–Trinajstić information content (AvgIpc) is 3.43. The second kappa shape index (κ2) is 10.7. The first-order chi connectivity index (χ1) is 17.0. The van der Waals surface area contributed by atoms with Crippen molar-refractivity contribution in [3.63, 3.8) is 0 Å². The number of carbonyl (C=O) groups is 3. The number of carbonyl (C=O) groups excluding carboxylic acids is 3. The lowest BCUT2D eigenvalue weighted by molar-refractivity contribution is -0.136. The maximum atomic E-state index is 12.9. The quantitative estimate of drug-likeness (QED) is 0.552. The van der Waals surface area contributed by atoms with E-state index in [0.717, 1.165) is 43.0 Å². The molecule has 0 spiro atoms. The molecule has 1 saturated heterocycles. The Balaban J connectivity index is 1.14. The van der Waals surface area contributed by atoms with Gasteiger partial charge in [0.15, 0.2) is 0 Å². The van der Waals surface area contributed by atoms with Crippen LogP contribution in [-0.2, 0) is 20.9 Å². The van der Waals surface area contributed by atoms with Crippen LogP contribution in [0.15, 0.2) is 18.2 Å². The highest BCUT2D eigenvalue weighted by atomic mass is 16.5. The van der Waals surface area contributed by atoms with Crippen LogP contribution in [0.2, 0.25) is 0 Å². The average molecular weight is 484 g/mol. The van der Waals surface area contributed by atoms with Gasteiger partial charge in [-0.3, -0.25) is 19.7 Å². The summed E-state index contributed by atoms with van der Waals surface area (Å²) in [5.41, 5.74) is 1.50. The van der Waals surface area contributed by atoms with Gasteiger partial charge in [0.1, 0.15) is 17.9 Å². The molecule has 3 fully saturated rings. The molecule has 2 saturated carbocycles. The number of imide groups is 1. The molecular formula is C27H37N3O5. The molecule has 190 valence electrons. The van der Waals surface area contributed by atoms with Crippen LogP contribution in [0.3, 0.4) is 0 Å². The molecular weight excluding hydrogens is 446 g/mol. The lowest BCUT2D eigenvalue weighted by Gasteiger charge is -2.29. The minimum Gasteiger partial charge on any atom is -0.489 e. The van der Waals surface area contributed by atoms with E-state index in [4.69, 9.17) is 9.47 Å². The van der Waals surface area contributed by atoms with Crippen molar-refractivity contribution in [3.05, 3.63) is 29.3 Å². The van der Waals surface area contributed by atoms with Gasteiger partial charge in [-0.15, -0.1) is 0 Å². The van der Waals surface area contributed by atoms with Crippen molar-refractivity contribution in [1.82, 2.24) is 15.5 Å². The van der Waals surface area contributed by atoms with Crippen LogP contribution in [0.1, 0.15) is 80.1 Å². The Morgan fingerprint density at radius 3 is 2.66 bits per heavy atom. The molecule has 2 heterocycles. The molecule has 2 aliphatic carbocycles. The number of piperidine rings is 1. The number of methoxy groups -OCH3 is 1. The highest BCUT2D eigenvalue weighted by molar-refractivity contribution is 6.05. The van der Waals surface area contributed by atoms with Crippen molar-refractivity contribution in [1.29, 1.82) is 0 Å². The predicted molar refractivity (Wildman–Crippen MR) is 130 cm³/mol. The molecule has 8 heteroatoms. The van der Waals surface area contributed by atoms with E-state index in [1.807, 2.05) is 25.3 Å². The zero-order valence-electron chi connectivity index (χ0n) is 20.6. The van der Waals surface area contributed by atoms with Crippen molar-refractivity contribution in [2.45, 2.75) is 95.0 Å². The number of hydrogen-bond donors (Lipinski definition) is 2. The Hall–Kier alpha value is -2.45. The van der Waals surface area contributed by atoms with Gasteiger partial charge in [-0.05, 0) is 94.0 Å². The van der Waals surface area contributed by atoms with E-state index < -0.39 is 6.04 Å². The second-order valence-corrected chi connectivity index (χ2v) is 10.5. The van der Waals surface area contributed by atoms with Crippen LogP contribution in [0.4, 0.5) is 0 Å². The summed E-state index contributed by atoms with van der Waals surface area (Å²) < 4.78 is 11.9. The summed E-state index contributed by atoms with van der Waals surface area (Å²) in [7, 11) is 1.82.